The average Bonchev–Trinajstić information content (AvgIpc) is 2.97. The van der Waals surface area contributed by atoms with Gasteiger partial charge in [0.05, 0.1) is 13.2 Å². The average molecular weight is 439 g/mol. The lowest BCUT2D eigenvalue weighted by Crippen LogP contribution is -2.40. The van der Waals surface area contributed by atoms with Crippen LogP contribution in [0.5, 0.6) is 0 Å². The lowest BCUT2D eigenvalue weighted by molar-refractivity contribution is 0.0702. The van der Waals surface area contributed by atoms with E-state index >= 15 is 0 Å². The molecule has 2 aliphatic rings. The summed E-state index contributed by atoms with van der Waals surface area (Å²) in [7, 11) is 1.70. The summed E-state index contributed by atoms with van der Waals surface area (Å²) in [6, 6.07) is 0. The summed E-state index contributed by atoms with van der Waals surface area (Å²) in [5.41, 5.74) is 0. The van der Waals surface area contributed by atoms with Gasteiger partial charge in [-0.15, -0.1) is 24.0 Å². The molecule has 0 aromatic rings. The van der Waals surface area contributed by atoms with Gasteiger partial charge in [0.25, 0.3) is 0 Å². The van der Waals surface area contributed by atoms with E-state index in [2.05, 4.69) is 17.1 Å². The maximum atomic E-state index is 5.49. The summed E-state index contributed by atoms with van der Waals surface area (Å²) in [4.78, 5) is 7.27. The van der Waals surface area contributed by atoms with E-state index in [1.54, 1.807) is 7.11 Å². The molecular formula is C17H34IN3O2. The van der Waals surface area contributed by atoms with Crippen LogP contribution >= 0.6 is 24.0 Å². The predicted octanol–water partition coefficient (Wildman–Crippen LogP) is 2.75. The Morgan fingerprint density at radius 3 is 2.43 bits per heavy atom. The lowest BCUT2D eigenvalue weighted by atomic mass is 9.82. The van der Waals surface area contributed by atoms with E-state index in [-0.39, 0.29) is 24.0 Å². The number of halogens is 1. The van der Waals surface area contributed by atoms with Crippen molar-refractivity contribution < 1.29 is 9.47 Å². The van der Waals surface area contributed by atoms with Gasteiger partial charge in [-0.25, -0.2) is 0 Å². The molecule has 23 heavy (non-hydrogen) atoms. The van der Waals surface area contributed by atoms with Crippen molar-refractivity contribution in [3.8, 4) is 0 Å². The molecule has 1 saturated carbocycles. The van der Waals surface area contributed by atoms with Gasteiger partial charge in [0.1, 0.15) is 0 Å². The first-order valence-corrected chi connectivity index (χ1v) is 8.95. The van der Waals surface area contributed by atoms with E-state index < -0.39 is 0 Å². The number of methoxy groups -OCH3 is 1. The van der Waals surface area contributed by atoms with Crippen LogP contribution in [-0.2, 0) is 9.47 Å². The van der Waals surface area contributed by atoms with Gasteiger partial charge < -0.3 is 19.7 Å². The van der Waals surface area contributed by atoms with E-state index in [1.165, 1.54) is 38.8 Å². The van der Waals surface area contributed by atoms with Crippen LogP contribution in [0, 0.1) is 11.8 Å². The zero-order valence-corrected chi connectivity index (χ0v) is 17.1. The third kappa shape index (κ3) is 7.13. The molecule has 2 rings (SSSR count). The second-order valence-corrected chi connectivity index (χ2v) is 6.40. The predicted molar refractivity (Wildman–Crippen MR) is 106 cm³/mol. The Hall–Kier alpha value is -0.0800. The Kier molecular flexibility index (Phi) is 11.2. The van der Waals surface area contributed by atoms with Crippen LogP contribution in [0.2, 0.25) is 0 Å². The number of hydrogen-bond donors (Lipinski definition) is 1. The first kappa shape index (κ1) is 21.0. The molecule has 2 fully saturated rings. The Bertz CT molecular complexity index is 328. The fourth-order valence-corrected chi connectivity index (χ4v) is 3.60. The lowest BCUT2D eigenvalue weighted by Gasteiger charge is -2.22. The maximum Gasteiger partial charge on any atom is 0.193 e. The highest BCUT2D eigenvalue weighted by atomic mass is 127. The van der Waals surface area contributed by atoms with Crippen LogP contribution in [0.3, 0.4) is 0 Å². The zero-order valence-electron chi connectivity index (χ0n) is 14.8. The number of hydrogen-bond acceptors (Lipinski definition) is 3. The van der Waals surface area contributed by atoms with E-state index in [4.69, 9.17) is 14.5 Å². The Balaban J connectivity index is 0.00000264. The van der Waals surface area contributed by atoms with E-state index in [0.717, 1.165) is 43.9 Å². The molecular weight excluding hydrogens is 405 g/mol. The van der Waals surface area contributed by atoms with Crippen LogP contribution in [0.25, 0.3) is 0 Å². The van der Waals surface area contributed by atoms with Crippen molar-refractivity contribution in [1.82, 2.24) is 10.2 Å². The van der Waals surface area contributed by atoms with Crippen LogP contribution in [0.15, 0.2) is 4.99 Å². The molecule has 1 aliphatic carbocycles. The number of aliphatic imine (C=N–C) groups is 1. The van der Waals surface area contributed by atoms with E-state index in [9.17, 15) is 0 Å². The first-order chi connectivity index (χ1) is 10.8. The molecule has 0 amide bonds. The summed E-state index contributed by atoms with van der Waals surface area (Å²) < 4.78 is 10.5. The van der Waals surface area contributed by atoms with Gasteiger partial charge in [0.2, 0.25) is 0 Å². The monoisotopic (exact) mass is 439 g/mol. The van der Waals surface area contributed by atoms with Gasteiger partial charge in [0, 0.05) is 39.9 Å². The van der Waals surface area contributed by atoms with Crippen LogP contribution in [0.4, 0.5) is 0 Å². The second-order valence-electron chi connectivity index (χ2n) is 6.40. The highest BCUT2D eigenvalue weighted by Gasteiger charge is 2.35. The molecule has 136 valence electrons. The number of nitrogens with one attached hydrogen (secondary N) is 1. The minimum absolute atomic E-state index is 0. The van der Waals surface area contributed by atoms with Crippen LogP contribution < -0.4 is 5.32 Å². The zero-order chi connectivity index (χ0) is 15.6. The van der Waals surface area contributed by atoms with Crippen molar-refractivity contribution in [2.45, 2.75) is 39.0 Å². The van der Waals surface area contributed by atoms with Gasteiger partial charge in [-0.05, 0) is 38.0 Å². The van der Waals surface area contributed by atoms with Gasteiger partial charge >= 0.3 is 0 Å². The molecule has 1 saturated heterocycles. The molecule has 0 aromatic carbocycles. The fraction of sp³-hybridized carbons (Fsp3) is 0.941. The van der Waals surface area contributed by atoms with Crippen LogP contribution in [-0.4, -0.2) is 64.0 Å². The third-order valence-corrected chi connectivity index (χ3v) is 4.75. The topological polar surface area (TPSA) is 46.1 Å². The Labute approximate surface area is 158 Å². The van der Waals surface area contributed by atoms with Crippen molar-refractivity contribution in [3.05, 3.63) is 0 Å². The van der Waals surface area contributed by atoms with Crippen molar-refractivity contribution in [3.63, 3.8) is 0 Å². The van der Waals surface area contributed by atoms with Crippen molar-refractivity contribution >= 4 is 29.9 Å². The number of guanidine groups is 1. The highest BCUT2D eigenvalue weighted by molar-refractivity contribution is 14.0. The number of rotatable bonds is 8. The molecule has 2 atom stereocenters. The number of ether oxygens (including phenoxy) is 2. The Morgan fingerprint density at radius 2 is 1.83 bits per heavy atom. The fourth-order valence-electron chi connectivity index (χ4n) is 3.60. The summed E-state index contributed by atoms with van der Waals surface area (Å²) >= 11 is 0. The SMILES string of the molecule is CCNC(=NCCCOCCOC)N1CC2CCCCC2C1.I. The smallest absolute Gasteiger partial charge is 0.193 e. The van der Waals surface area contributed by atoms with Gasteiger partial charge in [-0.3, -0.25) is 4.99 Å². The van der Waals surface area contributed by atoms with Gasteiger partial charge in [-0.2, -0.15) is 0 Å². The number of nitrogens with zero attached hydrogens (tertiary/aromatic N) is 2. The molecule has 0 aromatic heterocycles. The number of fused-ring (bicyclic) bond motifs is 1. The Morgan fingerprint density at radius 1 is 1.13 bits per heavy atom. The first-order valence-electron chi connectivity index (χ1n) is 8.95. The van der Waals surface area contributed by atoms with E-state index in [1.807, 2.05) is 0 Å². The minimum Gasteiger partial charge on any atom is -0.382 e. The van der Waals surface area contributed by atoms with Gasteiger partial charge in [-0.1, -0.05) is 12.8 Å². The summed E-state index contributed by atoms with van der Waals surface area (Å²) in [6.07, 6.45) is 6.63. The van der Waals surface area contributed by atoms with E-state index in [0.29, 0.717) is 13.2 Å². The quantitative estimate of drug-likeness (QED) is 0.274. The highest BCUT2D eigenvalue weighted by Crippen LogP contribution is 2.35. The normalized spacial score (nSPS) is 24.3. The molecule has 6 heteroatoms. The van der Waals surface area contributed by atoms with Crippen molar-refractivity contribution in [2.24, 2.45) is 16.8 Å². The third-order valence-electron chi connectivity index (χ3n) is 4.75. The number of likely N-dealkylation sites (tertiary alicyclic amines) is 1. The van der Waals surface area contributed by atoms with Crippen molar-refractivity contribution in [2.75, 3.05) is 53.1 Å². The molecule has 0 spiro atoms. The standard InChI is InChI=1S/C17H33N3O2.HI/c1-3-18-17(19-9-6-10-22-12-11-21-2)20-13-15-7-4-5-8-16(15)14-20;/h15-16H,3-14H2,1-2H3,(H,18,19);1H. The minimum atomic E-state index is 0. The molecule has 0 bridgehead atoms. The summed E-state index contributed by atoms with van der Waals surface area (Å²) in [5, 5.41) is 3.46. The maximum absolute atomic E-state index is 5.49. The molecule has 1 N–H and O–H groups in total. The van der Waals surface area contributed by atoms with Gasteiger partial charge in [0.15, 0.2) is 5.96 Å². The largest absolute Gasteiger partial charge is 0.382 e. The summed E-state index contributed by atoms with van der Waals surface area (Å²) in [5.74, 6) is 2.90. The van der Waals surface area contributed by atoms with Crippen LogP contribution in [0.1, 0.15) is 39.0 Å². The summed E-state index contributed by atoms with van der Waals surface area (Å²) in [6.45, 7) is 8.42. The van der Waals surface area contributed by atoms with Crippen molar-refractivity contribution in [1.29, 1.82) is 0 Å². The molecule has 1 heterocycles. The molecule has 5 nitrogen and oxygen atoms in total. The molecule has 2 unspecified atom stereocenters. The molecule has 1 aliphatic heterocycles. The molecule has 0 radical (unpaired) electrons. The second kappa shape index (κ2) is 12.3.